The molecule has 0 saturated heterocycles. The lowest BCUT2D eigenvalue weighted by atomic mass is 10.2. The Morgan fingerprint density at radius 3 is 2.70 bits per heavy atom. The summed E-state index contributed by atoms with van der Waals surface area (Å²) >= 11 is 0. The van der Waals surface area contributed by atoms with E-state index >= 15 is 0 Å². The number of carbonyl (C=O) groups excluding carboxylic acids is 1. The van der Waals surface area contributed by atoms with Crippen molar-refractivity contribution in [2.24, 2.45) is 5.92 Å². The van der Waals surface area contributed by atoms with Gasteiger partial charge < -0.3 is 20.5 Å². The molecule has 0 aliphatic rings. The Balaban J connectivity index is 2.18. The van der Waals surface area contributed by atoms with E-state index in [9.17, 15) is 9.18 Å². The molecule has 0 aliphatic heterocycles. The van der Waals surface area contributed by atoms with Gasteiger partial charge in [0.1, 0.15) is 12.4 Å². The lowest BCUT2D eigenvalue weighted by molar-refractivity contribution is -0.121. The second-order valence-corrected chi connectivity index (χ2v) is 4.81. The molecule has 1 aromatic carbocycles. The van der Waals surface area contributed by atoms with Crippen molar-refractivity contribution < 1.29 is 18.7 Å². The largest absolute Gasteiger partial charge is 0.396 e. The van der Waals surface area contributed by atoms with Crippen molar-refractivity contribution in [1.82, 2.24) is 0 Å². The maximum atomic E-state index is 12.9. The Bertz CT molecular complexity index is 438. The number of nitrogen functional groups attached to an aromatic ring is 1. The van der Waals surface area contributed by atoms with Gasteiger partial charge in [-0.25, -0.2) is 4.39 Å². The molecule has 0 heterocycles. The highest BCUT2D eigenvalue weighted by Gasteiger charge is 2.05. The van der Waals surface area contributed by atoms with Gasteiger partial charge in [0.05, 0.1) is 18.9 Å². The molecule has 5 nitrogen and oxygen atoms in total. The fourth-order valence-corrected chi connectivity index (χ4v) is 1.42. The number of carbonyl (C=O) groups is 1. The molecule has 1 aromatic rings. The first-order valence-electron chi connectivity index (χ1n) is 6.49. The summed E-state index contributed by atoms with van der Waals surface area (Å²) in [7, 11) is 0. The van der Waals surface area contributed by atoms with Crippen LogP contribution < -0.4 is 11.1 Å². The van der Waals surface area contributed by atoms with Crippen LogP contribution in [0.15, 0.2) is 18.2 Å². The number of ether oxygens (including phenoxy) is 2. The van der Waals surface area contributed by atoms with E-state index in [1.807, 2.05) is 0 Å². The summed E-state index contributed by atoms with van der Waals surface area (Å²) in [5.74, 6) is -0.358. The van der Waals surface area contributed by atoms with Gasteiger partial charge >= 0.3 is 0 Å². The molecular weight excluding hydrogens is 263 g/mol. The van der Waals surface area contributed by atoms with Crippen LogP contribution in [0.25, 0.3) is 0 Å². The SMILES string of the molecule is CC(C)COCCOCC(=O)Nc1ccc(F)c(N)c1. The Hall–Kier alpha value is -1.66. The molecule has 0 radical (unpaired) electrons. The zero-order chi connectivity index (χ0) is 15.0. The van der Waals surface area contributed by atoms with Crippen LogP contribution >= 0.6 is 0 Å². The van der Waals surface area contributed by atoms with E-state index in [0.29, 0.717) is 31.4 Å². The first-order valence-corrected chi connectivity index (χ1v) is 6.49. The van der Waals surface area contributed by atoms with Crippen LogP contribution in [0.3, 0.4) is 0 Å². The highest BCUT2D eigenvalue weighted by Crippen LogP contribution is 2.16. The van der Waals surface area contributed by atoms with Crippen LogP contribution in [-0.2, 0) is 14.3 Å². The number of nitrogens with one attached hydrogen (secondary N) is 1. The molecule has 0 aliphatic carbocycles. The summed E-state index contributed by atoms with van der Waals surface area (Å²) in [5.41, 5.74) is 5.83. The molecule has 112 valence electrons. The third kappa shape index (κ3) is 6.49. The summed E-state index contributed by atoms with van der Waals surface area (Å²) in [6.07, 6.45) is 0. The van der Waals surface area contributed by atoms with Gasteiger partial charge in [0, 0.05) is 12.3 Å². The van der Waals surface area contributed by atoms with E-state index in [4.69, 9.17) is 15.2 Å². The Labute approximate surface area is 118 Å². The molecular formula is C14H21FN2O3. The van der Waals surface area contributed by atoms with Crippen molar-refractivity contribution in [1.29, 1.82) is 0 Å². The molecule has 1 rings (SSSR count). The number of hydrogen-bond acceptors (Lipinski definition) is 4. The van der Waals surface area contributed by atoms with Gasteiger partial charge in [-0.05, 0) is 24.1 Å². The molecule has 20 heavy (non-hydrogen) atoms. The number of hydrogen-bond donors (Lipinski definition) is 2. The van der Waals surface area contributed by atoms with Gasteiger partial charge in [-0.1, -0.05) is 13.8 Å². The van der Waals surface area contributed by atoms with Gasteiger partial charge in [0.15, 0.2) is 0 Å². The van der Waals surface area contributed by atoms with E-state index < -0.39 is 5.82 Å². The minimum Gasteiger partial charge on any atom is -0.396 e. The summed E-state index contributed by atoms with van der Waals surface area (Å²) in [4.78, 5) is 11.5. The minimum absolute atomic E-state index is 0.00851. The number of halogens is 1. The number of nitrogens with two attached hydrogens (primary N) is 1. The Morgan fingerprint density at radius 1 is 1.35 bits per heavy atom. The quantitative estimate of drug-likeness (QED) is 0.566. The van der Waals surface area contributed by atoms with E-state index in [-0.39, 0.29) is 18.2 Å². The van der Waals surface area contributed by atoms with Crippen molar-refractivity contribution in [3.63, 3.8) is 0 Å². The number of rotatable bonds is 8. The Kier molecular flexibility index (Phi) is 6.97. The van der Waals surface area contributed by atoms with Crippen molar-refractivity contribution >= 4 is 17.3 Å². The molecule has 0 unspecified atom stereocenters. The number of benzene rings is 1. The molecule has 0 spiro atoms. The molecule has 1 amide bonds. The van der Waals surface area contributed by atoms with Crippen molar-refractivity contribution in [3.8, 4) is 0 Å². The molecule has 3 N–H and O–H groups in total. The van der Waals surface area contributed by atoms with E-state index in [1.165, 1.54) is 18.2 Å². The van der Waals surface area contributed by atoms with Gasteiger partial charge in [0.2, 0.25) is 5.91 Å². The molecule has 6 heteroatoms. The van der Waals surface area contributed by atoms with Crippen LogP contribution in [0.2, 0.25) is 0 Å². The number of anilines is 2. The fraction of sp³-hybridized carbons (Fsp3) is 0.500. The predicted octanol–water partition coefficient (Wildman–Crippen LogP) is 2.04. The van der Waals surface area contributed by atoms with Crippen LogP contribution in [0.4, 0.5) is 15.8 Å². The smallest absolute Gasteiger partial charge is 0.250 e. The average Bonchev–Trinajstić information content (AvgIpc) is 2.38. The van der Waals surface area contributed by atoms with E-state index in [1.54, 1.807) is 0 Å². The summed E-state index contributed by atoms with van der Waals surface area (Å²) in [6.45, 7) is 5.51. The molecule has 0 aromatic heterocycles. The predicted molar refractivity (Wildman–Crippen MR) is 75.9 cm³/mol. The summed E-state index contributed by atoms with van der Waals surface area (Å²) in [5, 5.41) is 2.57. The van der Waals surface area contributed by atoms with Crippen molar-refractivity contribution in [2.75, 3.05) is 37.5 Å². The molecule has 0 atom stereocenters. The summed E-state index contributed by atoms with van der Waals surface area (Å²) in [6, 6.07) is 4.00. The lowest BCUT2D eigenvalue weighted by Crippen LogP contribution is -2.20. The van der Waals surface area contributed by atoms with Crippen LogP contribution in [0.5, 0.6) is 0 Å². The van der Waals surface area contributed by atoms with E-state index in [2.05, 4.69) is 19.2 Å². The topological polar surface area (TPSA) is 73.6 Å². The second-order valence-electron chi connectivity index (χ2n) is 4.81. The maximum absolute atomic E-state index is 12.9. The monoisotopic (exact) mass is 284 g/mol. The van der Waals surface area contributed by atoms with Gasteiger partial charge in [-0.15, -0.1) is 0 Å². The van der Waals surface area contributed by atoms with Crippen molar-refractivity contribution in [2.45, 2.75) is 13.8 Å². The zero-order valence-corrected chi connectivity index (χ0v) is 11.8. The lowest BCUT2D eigenvalue weighted by Gasteiger charge is -2.08. The average molecular weight is 284 g/mol. The molecule has 0 fully saturated rings. The summed E-state index contributed by atoms with van der Waals surface area (Å²) < 4.78 is 23.4. The standard InChI is InChI=1S/C14H21FN2O3/c1-10(2)8-19-5-6-20-9-14(18)17-11-3-4-12(15)13(16)7-11/h3-4,7,10H,5-6,8-9,16H2,1-2H3,(H,17,18). The third-order valence-electron chi connectivity index (χ3n) is 2.34. The van der Waals surface area contributed by atoms with Gasteiger partial charge in [0.25, 0.3) is 0 Å². The molecule has 0 saturated carbocycles. The maximum Gasteiger partial charge on any atom is 0.250 e. The first-order chi connectivity index (χ1) is 9.49. The highest BCUT2D eigenvalue weighted by molar-refractivity contribution is 5.92. The van der Waals surface area contributed by atoms with Crippen LogP contribution in [-0.4, -0.2) is 32.3 Å². The van der Waals surface area contributed by atoms with Crippen LogP contribution in [0.1, 0.15) is 13.8 Å². The Morgan fingerprint density at radius 2 is 2.05 bits per heavy atom. The third-order valence-corrected chi connectivity index (χ3v) is 2.34. The fourth-order valence-electron chi connectivity index (χ4n) is 1.42. The van der Waals surface area contributed by atoms with Crippen molar-refractivity contribution in [3.05, 3.63) is 24.0 Å². The number of amides is 1. The van der Waals surface area contributed by atoms with E-state index in [0.717, 1.165) is 0 Å². The highest BCUT2D eigenvalue weighted by atomic mass is 19.1. The zero-order valence-electron chi connectivity index (χ0n) is 11.8. The van der Waals surface area contributed by atoms with Crippen LogP contribution in [0, 0.1) is 11.7 Å². The molecule has 0 bridgehead atoms. The first kappa shape index (κ1) is 16.4. The normalized spacial score (nSPS) is 10.8. The second kappa shape index (κ2) is 8.50. The van der Waals surface area contributed by atoms with Gasteiger partial charge in [-0.3, -0.25) is 4.79 Å². The minimum atomic E-state index is -0.512. The van der Waals surface area contributed by atoms with Gasteiger partial charge in [-0.2, -0.15) is 0 Å².